The molecule has 7 heteroatoms. The number of methoxy groups -OCH3 is 1. The first-order valence-electron chi connectivity index (χ1n) is 7.52. The SMILES string of the molecule is COc1ccc(/C=C/C(=O)O[C@@H](C)C(=O)NCc2ccco2)cc1F. The number of rotatable bonds is 7. The molecule has 0 spiro atoms. The van der Waals surface area contributed by atoms with Crippen LogP contribution in [0, 0.1) is 5.82 Å². The molecule has 6 nitrogen and oxygen atoms in total. The average Bonchev–Trinajstić information content (AvgIpc) is 3.11. The van der Waals surface area contributed by atoms with Crippen LogP contribution in [0.4, 0.5) is 4.39 Å². The van der Waals surface area contributed by atoms with E-state index in [2.05, 4.69) is 5.32 Å². The number of hydrogen-bond donors (Lipinski definition) is 1. The van der Waals surface area contributed by atoms with Crippen molar-refractivity contribution >= 4 is 18.0 Å². The minimum absolute atomic E-state index is 0.113. The Morgan fingerprint density at radius 1 is 1.36 bits per heavy atom. The van der Waals surface area contributed by atoms with Crippen molar-refractivity contribution in [1.82, 2.24) is 5.32 Å². The summed E-state index contributed by atoms with van der Waals surface area (Å²) in [7, 11) is 1.36. The molecule has 1 aromatic heterocycles. The number of carbonyl (C=O) groups excluding carboxylic acids is 2. The second-order valence-corrected chi connectivity index (χ2v) is 5.10. The molecule has 0 bridgehead atoms. The van der Waals surface area contributed by atoms with Gasteiger partial charge in [0.1, 0.15) is 5.76 Å². The standard InChI is InChI=1S/C18H18FNO5/c1-12(18(22)20-11-14-4-3-9-24-14)25-17(21)8-6-13-5-7-16(23-2)15(19)10-13/h3-10,12H,11H2,1-2H3,(H,20,22)/b8-6+/t12-/m0/s1. The van der Waals surface area contributed by atoms with Crippen LogP contribution in [-0.2, 0) is 20.9 Å². The van der Waals surface area contributed by atoms with Crippen molar-refractivity contribution in [2.45, 2.75) is 19.6 Å². The average molecular weight is 347 g/mol. The molecule has 1 amide bonds. The predicted octanol–water partition coefficient (Wildman–Crippen LogP) is 2.69. The third-order valence-electron chi connectivity index (χ3n) is 3.27. The maximum Gasteiger partial charge on any atom is 0.331 e. The fourth-order valence-electron chi connectivity index (χ4n) is 1.95. The molecule has 0 unspecified atom stereocenters. The van der Waals surface area contributed by atoms with E-state index in [4.69, 9.17) is 13.9 Å². The van der Waals surface area contributed by atoms with E-state index in [1.54, 1.807) is 18.2 Å². The summed E-state index contributed by atoms with van der Waals surface area (Å²) in [4.78, 5) is 23.6. The lowest BCUT2D eigenvalue weighted by Gasteiger charge is -2.11. The maximum absolute atomic E-state index is 13.6. The van der Waals surface area contributed by atoms with Crippen molar-refractivity contribution < 1.29 is 27.9 Å². The lowest BCUT2D eigenvalue weighted by Crippen LogP contribution is -2.35. The van der Waals surface area contributed by atoms with Crippen LogP contribution in [0.3, 0.4) is 0 Å². The summed E-state index contributed by atoms with van der Waals surface area (Å²) >= 11 is 0. The molecule has 2 aromatic rings. The van der Waals surface area contributed by atoms with E-state index in [1.165, 1.54) is 38.5 Å². The Kier molecular flexibility index (Phi) is 6.33. The van der Waals surface area contributed by atoms with Gasteiger partial charge in [0.25, 0.3) is 5.91 Å². The number of esters is 1. The summed E-state index contributed by atoms with van der Waals surface area (Å²) in [6.45, 7) is 1.66. The summed E-state index contributed by atoms with van der Waals surface area (Å²) in [5.74, 6) is -0.996. The van der Waals surface area contributed by atoms with Gasteiger partial charge in [-0.2, -0.15) is 0 Å². The van der Waals surface area contributed by atoms with Gasteiger partial charge < -0.3 is 19.2 Å². The van der Waals surface area contributed by atoms with E-state index in [9.17, 15) is 14.0 Å². The van der Waals surface area contributed by atoms with Gasteiger partial charge in [-0.05, 0) is 42.8 Å². The molecular weight excluding hydrogens is 329 g/mol. The van der Waals surface area contributed by atoms with Crippen molar-refractivity contribution in [2.24, 2.45) is 0 Å². The molecule has 0 saturated heterocycles. The van der Waals surface area contributed by atoms with Crippen molar-refractivity contribution in [3.63, 3.8) is 0 Å². The van der Waals surface area contributed by atoms with E-state index in [-0.39, 0.29) is 12.3 Å². The van der Waals surface area contributed by atoms with Crippen LogP contribution in [0.1, 0.15) is 18.2 Å². The first-order valence-corrected chi connectivity index (χ1v) is 7.52. The largest absolute Gasteiger partial charge is 0.494 e. The predicted molar refractivity (Wildman–Crippen MR) is 88.1 cm³/mol. The van der Waals surface area contributed by atoms with Gasteiger partial charge in [0, 0.05) is 6.08 Å². The van der Waals surface area contributed by atoms with Gasteiger partial charge in [-0.25, -0.2) is 9.18 Å². The molecule has 0 aliphatic carbocycles. The first kappa shape index (κ1) is 18.3. The van der Waals surface area contributed by atoms with Crippen molar-refractivity contribution in [1.29, 1.82) is 0 Å². The van der Waals surface area contributed by atoms with Gasteiger partial charge in [0.2, 0.25) is 0 Å². The summed E-state index contributed by atoms with van der Waals surface area (Å²) < 4.78 is 28.4. The molecule has 1 atom stereocenters. The minimum atomic E-state index is -0.972. The van der Waals surface area contributed by atoms with Crippen LogP contribution < -0.4 is 10.1 Å². The van der Waals surface area contributed by atoms with E-state index in [1.807, 2.05) is 0 Å². The summed E-state index contributed by atoms with van der Waals surface area (Å²) in [5, 5.41) is 2.59. The Hall–Kier alpha value is -3.09. The highest BCUT2D eigenvalue weighted by molar-refractivity contribution is 5.90. The fraction of sp³-hybridized carbons (Fsp3) is 0.222. The van der Waals surface area contributed by atoms with Crippen LogP contribution in [0.5, 0.6) is 5.75 Å². The number of ether oxygens (including phenoxy) is 2. The van der Waals surface area contributed by atoms with Gasteiger partial charge in [0.05, 0.1) is 19.9 Å². The summed E-state index contributed by atoms with van der Waals surface area (Å²) in [5.41, 5.74) is 0.463. The normalized spacial score (nSPS) is 12.0. The Morgan fingerprint density at radius 3 is 2.80 bits per heavy atom. The van der Waals surface area contributed by atoms with Crippen LogP contribution in [0.25, 0.3) is 6.08 Å². The number of hydrogen-bond acceptors (Lipinski definition) is 5. The van der Waals surface area contributed by atoms with Crippen LogP contribution >= 0.6 is 0 Å². The van der Waals surface area contributed by atoms with Crippen molar-refractivity contribution in [3.8, 4) is 5.75 Å². The van der Waals surface area contributed by atoms with Gasteiger partial charge in [-0.3, -0.25) is 4.79 Å². The highest BCUT2D eigenvalue weighted by atomic mass is 19.1. The van der Waals surface area contributed by atoms with Crippen LogP contribution in [0.15, 0.2) is 47.1 Å². The van der Waals surface area contributed by atoms with E-state index < -0.39 is 23.8 Å². The highest BCUT2D eigenvalue weighted by Crippen LogP contribution is 2.18. The quantitative estimate of drug-likeness (QED) is 0.615. The van der Waals surface area contributed by atoms with Gasteiger partial charge in [0.15, 0.2) is 17.7 Å². The lowest BCUT2D eigenvalue weighted by atomic mass is 10.2. The van der Waals surface area contributed by atoms with Gasteiger partial charge in [-0.15, -0.1) is 0 Å². The molecule has 0 aliphatic heterocycles. The Balaban J connectivity index is 1.83. The molecule has 0 aliphatic rings. The van der Waals surface area contributed by atoms with Crippen molar-refractivity contribution in [3.05, 3.63) is 59.8 Å². The molecule has 132 valence electrons. The Bertz CT molecular complexity index is 755. The topological polar surface area (TPSA) is 77.8 Å². The van der Waals surface area contributed by atoms with Crippen LogP contribution in [-0.4, -0.2) is 25.1 Å². The Morgan fingerprint density at radius 2 is 2.16 bits per heavy atom. The van der Waals surface area contributed by atoms with E-state index in [0.29, 0.717) is 11.3 Å². The molecule has 1 heterocycles. The Labute approximate surface area is 144 Å². The second kappa shape index (κ2) is 8.68. The van der Waals surface area contributed by atoms with E-state index in [0.717, 1.165) is 6.08 Å². The van der Waals surface area contributed by atoms with Crippen LogP contribution in [0.2, 0.25) is 0 Å². The smallest absolute Gasteiger partial charge is 0.331 e. The molecule has 1 N–H and O–H groups in total. The third-order valence-corrected chi connectivity index (χ3v) is 3.27. The minimum Gasteiger partial charge on any atom is -0.494 e. The molecule has 1 aromatic carbocycles. The summed E-state index contributed by atoms with van der Waals surface area (Å²) in [6.07, 6.45) is 3.04. The van der Waals surface area contributed by atoms with Gasteiger partial charge >= 0.3 is 5.97 Å². The molecule has 0 saturated carbocycles. The molecular formula is C18H18FNO5. The number of furan rings is 1. The second-order valence-electron chi connectivity index (χ2n) is 5.10. The van der Waals surface area contributed by atoms with Crippen molar-refractivity contribution in [2.75, 3.05) is 7.11 Å². The number of halogens is 1. The molecule has 25 heavy (non-hydrogen) atoms. The molecule has 0 fully saturated rings. The van der Waals surface area contributed by atoms with Gasteiger partial charge in [-0.1, -0.05) is 6.07 Å². The number of benzene rings is 1. The zero-order valence-electron chi connectivity index (χ0n) is 13.8. The number of amides is 1. The fourth-order valence-corrected chi connectivity index (χ4v) is 1.95. The zero-order valence-corrected chi connectivity index (χ0v) is 13.8. The monoisotopic (exact) mass is 347 g/mol. The van der Waals surface area contributed by atoms with E-state index >= 15 is 0 Å². The highest BCUT2D eigenvalue weighted by Gasteiger charge is 2.16. The molecule has 2 rings (SSSR count). The lowest BCUT2D eigenvalue weighted by molar-refractivity contribution is -0.150. The third kappa shape index (κ3) is 5.49. The maximum atomic E-state index is 13.6. The zero-order chi connectivity index (χ0) is 18.2. The first-order chi connectivity index (χ1) is 12.0. The number of carbonyl (C=O) groups is 2. The number of nitrogens with one attached hydrogen (secondary N) is 1. The molecule has 0 radical (unpaired) electrons. The summed E-state index contributed by atoms with van der Waals surface area (Å²) in [6, 6.07) is 7.68.